The number of benzene rings is 1. The Morgan fingerprint density at radius 1 is 1.19 bits per heavy atom. The van der Waals surface area contributed by atoms with Gasteiger partial charge in [0, 0.05) is 45.1 Å². The van der Waals surface area contributed by atoms with Crippen molar-refractivity contribution >= 4 is 17.3 Å². The topological polar surface area (TPSA) is 57.7 Å². The summed E-state index contributed by atoms with van der Waals surface area (Å²) in [4.78, 5) is 21.2. The van der Waals surface area contributed by atoms with Crippen molar-refractivity contribution < 1.29 is 9.53 Å². The molecule has 1 saturated heterocycles. The number of rotatable bonds is 6. The molecule has 1 N–H and O–H groups in total. The summed E-state index contributed by atoms with van der Waals surface area (Å²) in [7, 11) is 1.69. The maximum Gasteiger partial charge on any atom is 0.255 e. The number of hydrogen-bond acceptors (Lipinski definition) is 5. The van der Waals surface area contributed by atoms with Gasteiger partial charge in [-0.15, -0.1) is 0 Å². The van der Waals surface area contributed by atoms with Crippen LogP contribution in [0, 0.1) is 0 Å². The number of hydrogen-bond donors (Lipinski definition) is 1. The summed E-state index contributed by atoms with van der Waals surface area (Å²) in [5, 5.41) is 3.28. The minimum atomic E-state index is 0.0392. The molecule has 0 spiro atoms. The Morgan fingerprint density at radius 2 is 1.96 bits per heavy atom. The molecule has 0 atom stereocenters. The van der Waals surface area contributed by atoms with E-state index in [9.17, 15) is 4.79 Å². The van der Waals surface area contributed by atoms with Gasteiger partial charge in [-0.25, -0.2) is 0 Å². The van der Waals surface area contributed by atoms with Crippen LogP contribution in [0.2, 0.25) is 0 Å². The SMILES string of the molecule is CCCNc1cncc(C(=O)N2CCN(c3ccccc3OC)CC2)c1. The molecule has 1 aliphatic heterocycles. The summed E-state index contributed by atoms with van der Waals surface area (Å²) in [6.45, 7) is 5.92. The molecule has 0 aliphatic carbocycles. The van der Waals surface area contributed by atoms with Crippen molar-refractivity contribution in [3.05, 3.63) is 48.3 Å². The Morgan fingerprint density at radius 3 is 2.69 bits per heavy atom. The molecule has 3 rings (SSSR count). The second-order valence-corrected chi connectivity index (χ2v) is 6.34. The molecule has 1 aromatic heterocycles. The fourth-order valence-corrected chi connectivity index (χ4v) is 3.15. The van der Waals surface area contributed by atoms with E-state index >= 15 is 0 Å². The van der Waals surface area contributed by atoms with Crippen LogP contribution in [0.1, 0.15) is 23.7 Å². The van der Waals surface area contributed by atoms with Crippen molar-refractivity contribution in [2.24, 2.45) is 0 Å². The summed E-state index contributed by atoms with van der Waals surface area (Å²) in [6, 6.07) is 9.89. The lowest BCUT2D eigenvalue weighted by molar-refractivity contribution is 0.0746. The lowest BCUT2D eigenvalue weighted by Gasteiger charge is -2.36. The average molecular weight is 354 g/mol. The van der Waals surface area contributed by atoms with Gasteiger partial charge in [0.25, 0.3) is 5.91 Å². The molecule has 26 heavy (non-hydrogen) atoms. The first-order chi connectivity index (χ1) is 12.7. The minimum Gasteiger partial charge on any atom is -0.495 e. The largest absolute Gasteiger partial charge is 0.495 e. The average Bonchev–Trinajstić information content (AvgIpc) is 2.72. The molecule has 2 heterocycles. The van der Waals surface area contributed by atoms with Crippen LogP contribution in [0.15, 0.2) is 42.7 Å². The van der Waals surface area contributed by atoms with Crippen molar-refractivity contribution in [3.8, 4) is 5.75 Å². The third-order valence-corrected chi connectivity index (χ3v) is 4.56. The number of anilines is 2. The fraction of sp³-hybridized carbons (Fsp3) is 0.400. The molecule has 1 aromatic carbocycles. The van der Waals surface area contributed by atoms with Crippen LogP contribution in [0.4, 0.5) is 11.4 Å². The molecule has 1 aliphatic rings. The van der Waals surface area contributed by atoms with Gasteiger partial charge < -0.3 is 19.9 Å². The van der Waals surface area contributed by atoms with E-state index in [1.165, 1.54) is 0 Å². The first-order valence-electron chi connectivity index (χ1n) is 9.09. The molecule has 1 fully saturated rings. The number of nitrogens with zero attached hydrogens (tertiary/aromatic N) is 3. The second kappa shape index (κ2) is 8.56. The van der Waals surface area contributed by atoms with E-state index in [-0.39, 0.29) is 5.91 Å². The van der Waals surface area contributed by atoms with Crippen LogP contribution < -0.4 is 15.0 Å². The van der Waals surface area contributed by atoms with Gasteiger partial charge >= 0.3 is 0 Å². The van der Waals surface area contributed by atoms with Gasteiger partial charge in [0.1, 0.15) is 5.75 Å². The molecule has 6 nitrogen and oxygen atoms in total. The number of piperazine rings is 1. The first kappa shape index (κ1) is 18.0. The van der Waals surface area contributed by atoms with Gasteiger partial charge in [-0.2, -0.15) is 0 Å². The number of carbonyl (C=O) groups excluding carboxylic acids is 1. The van der Waals surface area contributed by atoms with Gasteiger partial charge in [0.05, 0.1) is 24.0 Å². The van der Waals surface area contributed by atoms with Crippen LogP contribution in [0.5, 0.6) is 5.75 Å². The molecular weight excluding hydrogens is 328 g/mol. The molecule has 1 amide bonds. The minimum absolute atomic E-state index is 0.0392. The number of carbonyl (C=O) groups is 1. The van der Waals surface area contributed by atoms with Crippen molar-refractivity contribution in [2.75, 3.05) is 50.1 Å². The molecule has 0 radical (unpaired) electrons. The number of amides is 1. The summed E-state index contributed by atoms with van der Waals surface area (Å²) >= 11 is 0. The summed E-state index contributed by atoms with van der Waals surface area (Å²) in [5.41, 5.74) is 2.61. The highest BCUT2D eigenvalue weighted by molar-refractivity contribution is 5.95. The molecule has 2 aromatic rings. The third kappa shape index (κ3) is 4.07. The van der Waals surface area contributed by atoms with Gasteiger partial charge in [0.2, 0.25) is 0 Å². The van der Waals surface area contributed by atoms with Crippen LogP contribution in [0.25, 0.3) is 0 Å². The van der Waals surface area contributed by atoms with Gasteiger partial charge in [0.15, 0.2) is 0 Å². The van der Waals surface area contributed by atoms with Crippen molar-refractivity contribution in [1.82, 2.24) is 9.88 Å². The van der Waals surface area contributed by atoms with Crippen LogP contribution in [0.3, 0.4) is 0 Å². The Labute approximate surface area is 154 Å². The Hall–Kier alpha value is -2.76. The standard InChI is InChI=1S/C20H26N4O2/c1-3-8-22-17-13-16(14-21-15-17)20(25)24-11-9-23(10-12-24)18-6-4-5-7-19(18)26-2/h4-7,13-15,22H,3,8-12H2,1-2H3. The van der Waals surface area contributed by atoms with Gasteiger partial charge in [-0.3, -0.25) is 9.78 Å². The lowest BCUT2D eigenvalue weighted by atomic mass is 10.2. The van der Waals surface area contributed by atoms with Crippen molar-refractivity contribution in [2.45, 2.75) is 13.3 Å². The van der Waals surface area contributed by atoms with E-state index in [1.807, 2.05) is 29.2 Å². The zero-order valence-electron chi connectivity index (χ0n) is 15.4. The molecule has 0 saturated carbocycles. The predicted octanol–water partition coefficient (Wildman–Crippen LogP) is 2.87. The predicted molar refractivity (Wildman–Crippen MR) is 104 cm³/mol. The molecular formula is C20H26N4O2. The maximum atomic E-state index is 12.8. The first-order valence-corrected chi connectivity index (χ1v) is 9.09. The fourth-order valence-electron chi connectivity index (χ4n) is 3.15. The smallest absolute Gasteiger partial charge is 0.255 e. The van der Waals surface area contributed by atoms with Gasteiger partial charge in [-0.1, -0.05) is 19.1 Å². The molecule has 0 bridgehead atoms. The molecule has 6 heteroatoms. The van der Waals surface area contributed by atoms with E-state index in [0.29, 0.717) is 18.7 Å². The summed E-state index contributed by atoms with van der Waals surface area (Å²) in [6.07, 6.45) is 4.43. The van der Waals surface area contributed by atoms with E-state index in [2.05, 4.69) is 28.2 Å². The highest BCUT2D eigenvalue weighted by atomic mass is 16.5. The normalized spacial score (nSPS) is 14.2. The van der Waals surface area contributed by atoms with E-state index in [4.69, 9.17) is 4.74 Å². The number of nitrogens with one attached hydrogen (secondary N) is 1. The van der Waals surface area contributed by atoms with Crippen molar-refractivity contribution in [3.63, 3.8) is 0 Å². The zero-order valence-corrected chi connectivity index (χ0v) is 15.4. The molecule has 138 valence electrons. The van der Waals surface area contributed by atoms with Crippen LogP contribution in [-0.4, -0.2) is 55.6 Å². The summed E-state index contributed by atoms with van der Waals surface area (Å²) in [5.74, 6) is 0.906. The van der Waals surface area contributed by atoms with Crippen molar-refractivity contribution in [1.29, 1.82) is 0 Å². The summed E-state index contributed by atoms with van der Waals surface area (Å²) < 4.78 is 5.45. The quantitative estimate of drug-likeness (QED) is 0.864. The monoisotopic (exact) mass is 354 g/mol. The number of ether oxygens (including phenoxy) is 1. The lowest BCUT2D eigenvalue weighted by Crippen LogP contribution is -2.48. The highest BCUT2D eigenvalue weighted by Crippen LogP contribution is 2.28. The Kier molecular flexibility index (Phi) is 5.94. The second-order valence-electron chi connectivity index (χ2n) is 6.34. The Balaban J connectivity index is 1.63. The van der Waals surface area contributed by atoms with Crippen LogP contribution in [-0.2, 0) is 0 Å². The molecule has 0 unspecified atom stereocenters. The van der Waals surface area contributed by atoms with Crippen LogP contribution >= 0.6 is 0 Å². The zero-order chi connectivity index (χ0) is 18.4. The maximum absolute atomic E-state index is 12.8. The van der Waals surface area contributed by atoms with Gasteiger partial charge in [-0.05, 0) is 24.6 Å². The third-order valence-electron chi connectivity index (χ3n) is 4.56. The van der Waals surface area contributed by atoms with E-state index in [1.54, 1.807) is 19.5 Å². The van der Waals surface area contributed by atoms with E-state index in [0.717, 1.165) is 43.2 Å². The number of para-hydroxylation sites is 2. The number of methoxy groups -OCH3 is 1. The number of aromatic nitrogens is 1. The Bertz CT molecular complexity index is 742. The number of pyridine rings is 1. The van der Waals surface area contributed by atoms with E-state index < -0.39 is 0 Å². The highest BCUT2D eigenvalue weighted by Gasteiger charge is 2.24.